The van der Waals surface area contributed by atoms with Crippen LogP contribution in [0.4, 0.5) is 0 Å². The van der Waals surface area contributed by atoms with E-state index in [9.17, 15) is 0 Å². The van der Waals surface area contributed by atoms with Crippen molar-refractivity contribution in [1.82, 2.24) is 5.32 Å². The third-order valence-electron chi connectivity index (χ3n) is 2.97. The molecule has 0 spiro atoms. The zero-order chi connectivity index (χ0) is 15.2. The lowest BCUT2D eigenvalue weighted by molar-refractivity contribution is 0.345. The van der Waals surface area contributed by atoms with Gasteiger partial charge in [-0.1, -0.05) is 12.1 Å². The molecule has 0 aliphatic carbocycles. The molecule has 2 aromatic rings. The normalized spacial score (nSPS) is 10.3. The second-order valence-electron chi connectivity index (χ2n) is 4.39. The van der Waals surface area contributed by atoms with Crippen LogP contribution in [0, 0.1) is 0 Å². The number of methoxy groups -OCH3 is 2. The SMILES string of the molecule is CNCc1ccc(Oc2c(OC)cccc2OC)c(Br)c1. The van der Waals surface area contributed by atoms with Gasteiger partial charge in [0.1, 0.15) is 5.75 Å². The van der Waals surface area contributed by atoms with E-state index in [1.807, 2.05) is 43.4 Å². The smallest absolute Gasteiger partial charge is 0.211 e. The van der Waals surface area contributed by atoms with Crippen molar-refractivity contribution in [3.63, 3.8) is 0 Å². The van der Waals surface area contributed by atoms with Crippen molar-refractivity contribution < 1.29 is 14.2 Å². The highest BCUT2D eigenvalue weighted by atomic mass is 79.9. The van der Waals surface area contributed by atoms with Crippen LogP contribution in [0.5, 0.6) is 23.0 Å². The van der Waals surface area contributed by atoms with Crippen molar-refractivity contribution in [2.24, 2.45) is 0 Å². The van der Waals surface area contributed by atoms with Crippen molar-refractivity contribution in [2.45, 2.75) is 6.54 Å². The molecular formula is C16H18BrNO3. The van der Waals surface area contributed by atoms with Crippen LogP contribution in [0.25, 0.3) is 0 Å². The highest BCUT2D eigenvalue weighted by molar-refractivity contribution is 9.10. The molecule has 0 amide bonds. The average molecular weight is 352 g/mol. The van der Waals surface area contributed by atoms with E-state index in [1.165, 1.54) is 5.56 Å². The quantitative estimate of drug-likeness (QED) is 0.854. The van der Waals surface area contributed by atoms with Gasteiger partial charge in [-0.3, -0.25) is 0 Å². The third kappa shape index (κ3) is 3.68. The molecule has 0 unspecified atom stereocenters. The van der Waals surface area contributed by atoms with Crippen molar-refractivity contribution in [1.29, 1.82) is 0 Å². The van der Waals surface area contributed by atoms with Crippen LogP contribution in [0.3, 0.4) is 0 Å². The standard InChI is InChI=1S/C16H18BrNO3/c1-18-10-11-7-8-13(12(17)9-11)21-16-14(19-2)5-4-6-15(16)20-3/h4-9,18H,10H2,1-3H3. The van der Waals surface area contributed by atoms with Gasteiger partial charge >= 0.3 is 0 Å². The van der Waals surface area contributed by atoms with Gasteiger partial charge in [-0.25, -0.2) is 0 Å². The number of para-hydroxylation sites is 1. The van der Waals surface area contributed by atoms with Crippen LogP contribution in [0.1, 0.15) is 5.56 Å². The summed E-state index contributed by atoms with van der Waals surface area (Å²) in [5, 5.41) is 3.12. The Bertz CT molecular complexity index is 594. The van der Waals surface area contributed by atoms with Crippen LogP contribution in [-0.2, 0) is 6.54 Å². The number of rotatable bonds is 6. The predicted octanol–water partition coefficient (Wildman–Crippen LogP) is 3.98. The van der Waals surface area contributed by atoms with Crippen LogP contribution >= 0.6 is 15.9 Å². The number of nitrogens with one attached hydrogen (secondary N) is 1. The maximum Gasteiger partial charge on any atom is 0.211 e. The summed E-state index contributed by atoms with van der Waals surface area (Å²) < 4.78 is 17.5. The molecule has 5 heteroatoms. The van der Waals surface area contributed by atoms with Crippen molar-refractivity contribution in [3.05, 3.63) is 46.4 Å². The Morgan fingerprint density at radius 3 is 2.19 bits per heavy atom. The Morgan fingerprint density at radius 2 is 1.67 bits per heavy atom. The van der Waals surface area contributed by atoms with E-state index in [4.69, 9.17) is 14.2 Å². The first kappa shape index (κ1) is 15.7. The molecule has 0 aliphatic rings. The Balaban J connectivity index is 2.34. The summed E-state index contributed by atoms with van der Waals surface area (Å²) in [6, 6.07) is 11.5. The highest BCUT2D eigenvalue weighted by Crippen LogP contribution is 2.41. The molecule has 0 aromatic heterocycles. The van der Waals surface area contributed by atoms with Gasteiger partial charge in [0.25, 0.3) is 0 Å². The Kier molecular flexibility index (Phi) is 5.47. The fourth-order valence-corrected chi connectivity index (χ4v) is 2.48. The molecule has 1 N–H and O–H groups in total. The predicted molar refractivity (Wildman–Crippen MR) is 86.5 cm³/mol. The average Bonchev–Trinajstić information content (AvgIpc) is 2.50. The fraction of sp³-hybridized carbons (Fsp3) is 0.250. The van der Waals surface area contributed by atoms with E-state index >= 15 is 0 Å². The minimum atomic E-state index is 0.560. The van der Waals surface area contributed by atoms with Crippen molar-refractivity contribution in [2.75, 3.05) is 21.3 Å². The minimum absolute atomic E-state index is 0.560. The molecule has 0 saturated carbocycles. The first-order chi connectivity index (χ1) is 10.2. The molecule has 0 bridgehead atoms. The molecule has 2 rings (SSSR count). The van der Waals surface area contributed by atoms with Gasteiger partial charge in [0.15, 0.2) is 11.5 Å². The summed E-state index contributed by atoms with van der Waals surface area (Å²) in [5.74, 6) is 2.52. The van der Waals surface area contributed by atoms with Gasteiger partial charge < -0.3 is 19.5 Å². The van der Waals surface area contributed by atoms with Gasteiger partial charge in [0.2, 0.25) is 5.75 Å². The molecule has 0 aliphatic heterocycles. The Labute approximate surface area is 133 Å². The summed E-state index contributed by atoms with van der Waals surface area (Å²) in [5.41, 5.74) is 1.17. The third-order valence-corrected chi connectivity index (χ3v) is 3.59. The number of benzene rings is 2. The molecule has 21 heavy (non-hydrogen) atoms. The largest absolute Gasteiger partial charge is 0.493 e. The topological polar surface area (TPSA) is 39.7 Å². The second-order valence-corrected chi connectivity index (χ2v) is 5.24. The van der Waals surface area contributed by atoms with Gasteiger partial charge in [0.05, 0.1) is 18.7 Å². The van der Waals surface area contributed by atoms with Crippen molar-refractivity contribution >= 4 is 15.9 Å². The lowest BCUT2D eigenvalue weighted by Crippen LogP contribution is -2.04. The highest BCUT2D eigenvalue weighted by Gasteiger charge is 2.14. The van der Waals surface area contributed by atoms with E-state index in [-0.39, 0.29) is 0 Å². The van der Waals surface area contributed by atoms with Crippen LogP contribution in [-0.4, -0.2) is 21.3 Å². The summed E-state index contributed by atoms with van der Waals surface area (Å²) in [6.07, 6.45) is 0. The molecule has 2 aromatic carbocycles. The molecular weight excluding hydrogens is 334 g/mol. The maximum absolute atomic E-state index is 5.97. The molecule has 0 saturated heterocycles. The summed E-state index contributed by atoms with van der Waals surface area (Å²) >= 11 is 3.53. The van der Waals surface area contributed by atoms with Crippen LogP contribution in [0.15, 0.2) is 40.9 Å². The molecule has 0 fully saturated rings. The van der Waals surface area contributed by atoms with E-state index < -0.39 is 0 Å². The monoisotopic (exact) mass is 351 g/mol. The first-order valence-corrected chi connectivity index (χ1v) is 7.30. The van der Waals surface area contributed by atoms with E-state index in [2.05, 4.69) is 21.2 Å². The lowest BCUT2D eigenvalue weighted by Gasteiger charge is -2.15. The van der Waals surface area contributed by atoms with Crippen LogP contribution in [0.2, 0.25) is 0 Å². The van der Waals surface area contributed by atoms with Gasteiger partial charge in [-0.15, -0.1) is 0 Å². The summed E-state index contributed by atoms with van der Waals surface area (Å²) in [7, 11) is 5.12. The first-order valence-electron chi connectivity index (χ1n) is 6.51. The molecule has 4 nitrogen and oxygen atoms in total. The minimum Gasteiger partial charge on any atom is -0.493 e. The summed E-state index contributed by atoms with van der Waals surface area (Å²) in [6.45, 7) is 0.802. The number of hydrogen-bond acceptors (Lipinski definition) is 4. The van der Waals surface area contributed by atoms with Gasteiger partial charge in [0, 0.05) is 6.54 Å². The molecule has 0 radical (unpaired) electrons. The summed E-state index contributed by atoms with van der Waals surface area (Å²) in [4.78, 5) is 0. The van der Waals surface area contributed by atoms with Crippen molar-refractivity contribution in [3.8, 4) is 23.0 Å². The Morgan fingerprint density at radius 1 is 1.00 bits per heavy atom. The zero-order valence-corrected chi connectivity index (χ0v) is 13.9. The molecule has 0 heterocycles. The second kappa shape index (κ2) is 7.33. The van der Waals surface area contributed by atoms with Gasteiger partial charge in [-0.2, -0.15) is 0 Å². The molecule has 112 valence electrons. The maximum atomic E-state index is 5.97. The number of halogens is 1. The lowest BCUT2D eigenvalue weighted by atomic mass is 10.2. The number of hydrogen-bond donors (Lipinski definition) is 1. The van der Waals surface area contributed by atoms with E-state index in [1.54, 1.807) is 14.2 Å². The zero-order valence-electron chi connectivity index (χ0n) is 12.3. The number of ether oxygens (including phenoxy) is 3. The van der Waals surface area contributed by atoms with Crippen LogP contribution < -0.4 is 19.5 Å². The Hall–Kier alpha value is -1.72. The van der Waals surface area contributed by atoms with Gasteiger partial charge in [-0.05, 0) is 52.8 Å². The van der Waals surface area contributed by atoms with E-state index in [0.717, 1.165) is 11.0 Å². The molecule has 0 atom stereocenters. The van der Waals surface area contributed by atoms with E-state index in [0.29, 0.717) is 23.0 Å². The fourth-order valence-electron chi connectivity index (χ4n) is 1.97.